The molecule has 2 aromatic heterocycles. The zero-order valence-corrected chi connectivity index (χ0v) is 16.3. The fourth-order valence-corrected chi connectivity index (χ4v) is 3.30. The first-order valence-electron chi connectivity index (χ1n) is 9.08. The Morgan fingerprint density at radius 2 is 2.00 bits per heavy atom. The summed E-state index contributed by atoms with van der Waals surface area (Å²) in [5.74, 6) is -0.599. The van der Waals surface area contributed by atoms with Gasteiger partial charge >= 0.3 is 5.97 Å². The molecule has 28 heavy (non-hydrogen) atoms. The SMILES string of the molecule is CCCCOC(=O)c1ccc(NC(=O)CCn2cnc3sccc3c2=O)cc1. The van der Waals surface area contributed by atoms with Crippen molar-refractivity contribution in [1.82, 2.24) is 9.55 Å². The van der Waals surface area contributed by atoms with E-state index in [2.05, 4.69) is 10.3 Å². The minimum absolute atomic E-state index is 0.137. The lowest BCUT2D eigenvalue weighted by atomic mass is 10.2. The number of carbonyl (C=O) groups is 2. The highest BCUT2D eigenvalue weighted by Crippen LogP contribution is 2.14. The summed E-state index contributed by atoms with van der Waals surface area (Å²) in [6.07, 6.45) is 3.39. The number of carbonyl (C=O) groups excluding carboxylic acids is 2. The summed E-state index contributed by atoms with van der Waals surface area (Å²) >= 11 is 1.41. The van der Waals surface area contributed by atoms with E-state index in [9.17, 15) is 14.4 Å². The molecule has 0 spiro atoms. The molecule has 0 aliphatic carbocycles. The highest BCUT2D eigenvalue weighted by atomic mass is 32.1. The summed E-state index contributed by atoms with van der Waals surface area (Å²) in [6, 6.07) is 8.27. The van der Waals surface area contributed by atoms with Crippen LogP contribution in [0, 0.1) is 0 Å². The van der Waals surface area contributed by atoms with Crippen molar-refractivity contribution < 1.29 is 14.3 Å². The molecule has 2 heterocycles. The molecule has 1 N–H and O–H groups in total. The summed E-state index contributed by atoms with van der Waals surface area (Å²) in [4.78, 5) is 41.3. The minimum Gasteiger partial charge on any atom is -0.462 e. The molecule has 0 saturated carbocycles. The van der Waals surface area contributed by atoms with E-state index in [1.165, 1.54) is 22.2 Å². The number of benzene rings is 1. The molecule has 0 aliphatic heterocycles. The average molecular weight is 399 g/mol. The molecular formula is C20H21N3O4S. The number of nitrogens with one attached hydrogen (secondary N) is 1. The number of ether oxygens (including phenoxy) is 1. The molecule has 1 amide bonds. The van der Waals surface area contributed by atoms with Gasteiger partial charge in [-0.25, -0.2) is 9.78 Å². The lowest BCUT2D eigenvalue weighted by Crippen LogP contribution is -2.23. The normalized spacial score (nSPS) is 10.8. The Morgan fingerprint density at radius 1 is 1.21 bits per heavy atom. The van der Waals surface area contributed by atoms with Crippen molar-refractivity contribution in [1.29, 1.82) is 0 Å². The number of unbranched alkanes of at least 4 members (excludes halogenated alkanes) is 1. The molecule has 1 aromatic carbocycles. The second-order valence-electron chi connectivity index (χ2n) is 6.25. The first-order chi connectivity index (χ1) is 13.6. The van der Waals surface area contributed by atoms with E-state index in [0.717, 1.165) is 12.8 Å². The van der Waals surface area contributed by atoms with Gasteiger partial charge in [0.1, 0.15) is 4.83 Å². The van der Waals surface area contributed by atoms with Gasteiger partial charge in [0.25, 0.3) is 5.56 Å². The van der Waals surface area contributed by atoms with Crippen LogP contribution in [0.4, 0.5) is 5.69 Å². The molecule has 0 unspecified atom stereocenters. The number of hydrogen-bond acceptors (Lipinski definition) is 6. The number of aryl methyl sites for hydroxylation is 1. The van der Waals surface area contributed by atoms with Crippen LogP contribution < -0.4 is 10.9 Å². The van der Waals surface area contributed by atoms with Gasteiger partial charge < -0.3 is 10.1 Å². The van der Waals surface area contributed by atoms with E-state index >= 15 is 0 Å². The molecule has 0 atom stereocenters. The third-order valence-corrected chi connectivity index (χ3v) is 4.99. The van der Waals surface area contributed by atoms with Crippen LogP contribution in [0.1, 0.15) is 36.5 Å². The van der Waals surface area contributed by atoms with E-state index in [0.29, 0.717) is 28.1 Å². The van der Waals surface area contributed by atoms with E-state index < -0.39 is 0 Å². The maximum atomic E-state index is 12.3. The second-order valence-corrected chi connectivity index (χ2v) is 7.14. The summed E-state index contributed by atoms with van der Waals surface area (Å²) in [6.45, 7) is 2.67. The van der Waals surface area contributed by atoms with Crippen molar-refractivity contribution in [2.45, 2.75) is 32.7 Å². The van der Waals surface area contributed by atoms with Gasteiger partial charge in [0.05, 0.1) is 23.9 Å². The Morgan fingerprint density at radius 3 is 2.75 bits per heavy atom. The fourth-order valence-electron chi connectivity index (χ4n) is 2.58. The molecular weight excluding hydrogens is 378 g/mol. The van der Waals surface area contributed by atoms with E-state index in [-0.39, 0.29) is 30.4 Å². The summed E-state index contributed by atoms with van der Waals surface area (Å²) in [5.41, 5.74) is 0.870. The maximum absolute atomic E-state index is 12.3. The number of esters is 1. The minimum atomic E-state index is -0.373. The van der Waals surface area contributed by atoms with Crippen LogP contribution in [0.15, 0.2) is 46.8 Å². The number of nitrogens with zero attached hydrogens (tertiary/aromatic N) is 2. The standard InChI is InChI=1S/C20H21N3O4S/c1-2-3-11-27-20(26)14-4-6-15(7-5-14)22-17(24)8-10-23-13-21-18-16(19(23)25)9-12-28-18/h4-7,9,12-13H,2-3,8,10-11H2,1H3,(H,22,24). The summed E-state index contributed by atoms with van der Waals surface area (Å²) < 4.78 is 6.58. The van der Waals surface area contributed by atoms with Crippen LogP contribution in [0.25, 0.3) is 10.2 Å². The largest absolute Gasteiger partial charge is 0.462 e. The first kappa shape index (κ1) is 19.8. The van der Waals surface area contributed by atoms with Crippen LogP contribution in [0.5, 0.6) is 0 Å². The van der Waals surface area contributed by atoms with Crippen LogP contribution in [-0.2, 0) is 16.1 Å². The second kappa shape index (κ2) is 9.27. The van der Waals surface area contributed by atoms with Crippen molar-refractivity contribution in [2.24, 2.45) is 0 Å². The zero-order valence-electron chi connectivity index (χ0n) is 15.5. The van der Waals surface area contributed by atoms with Gasteiger partial charge in [0.2, 0.25) is 5.91 Å². The third-order valence-electron chi connectivity index (χ3n) is 4.17. The fraction of sp³-hybridized carbons (Fsp3) is 0.300. The van der Waals surface area contributed by atoms with Crippen molar-refractivity contribution in [3.05, 3.63) is 58.0 Å². The molecule has 8 heteroatoms. The van der Waals surface area contributed by atoms with Crippen LogP contribution in [-0.4, -0.2) is 28.0 Å². The molecule has 0 aliphatic rings. The first-order valence-corrected chi connectivity index (χ1v) is 9.96. The van der Waals surface area contributed by atoms with Gasteiger partial charge in [-0.3, -0.25) is 14.2 Å². The smallest absolute Gasteiger partial charge is 0.338 e. The van der Waals surface area contributed by atoms with Crippen molar-refractivity contribution in [3.8, 4) is 0 Å². The topological polar surface area (TPSA) is 90.3 Å². The summed E-state index contributed by atoms with van der Waals surface area (Å²) in [7, 11) is 0. The molecule has 3 rings (SSSR count). The lowest BCUT2D eigenvalue weighted by molar-refractivity contribution is -0.116. The number of hydrogen-bond donors (Lipinski definition) is 1. The quantitative estimate of drug-likeness (QED) is 0.463. The molecule has 0 bridgehead atoms. The van der Waals surface area contributed by atoms with E-state index in [1.807, 2.05) is 12.3 Å². The van der Waals surface area contributed by atoms with Gasteiger partial charge in [0, 0.05) is 18.7 Å². The molecule has 0 radical (unpaired) electrons. The van der Waals surface area contributed by atoms with Gasteiger partial charge in [-0.15, -0.1) is 11.3 Å². The highest BCUT2D eigenvalue weighted by Gasteiger charge is 2.09. The number of thiophene rings is 1. The predicted molar refractivity (Wildman–Crippen MR) is 109 cm³/mol. The Hall–Kier alpha value is -3.00. The maximum Gasteiger partial charge on any atom is 0.338 e. The summed E-state index contributed by atoms with van der Waals surface area (Å²) in [5, 5.41) is 5.14. The zero-order chi connectivity index (χ0) is 19.9. The van der Waals surface area contributed by atoms with E-state index in [1.54, 1.807) is 30.3 Å². The molecule has 0 saturated heterocycles. The number of fused-ring (bicyclic) bond motifs is 1. The Kier molecular flexibility index (Phi) is 6.54. The predicted octanol–water partition coefficient (Wildman–Crippen LogP) is 3.44. The van der Waals surface area contributed by atoms with Crippen LogP contribution in [0.2, 0.25) is 0 Å². The van der Waals surface area contributed by atoms with Gasteiger partial charge in [-0.05, 0) is 42.1 Å². The molecule has 0 fully saturated rings. The van der Waals surface area contributed by atoms with Crippen molar-refractivity contribution >= 4 is 39.1 Å². The Balaban J connectivity index is 1.53. The molecule has 146 valence electrons. The number of aromatic nitrogens is 2. The average Bonchev–Trinajstić information content (AvgIpc) is 3.18. The highest BCUT2D eigenvalue weighted by molar-refractivity contribution is 7.16. The molecule has 3 aromatic rings. The third kappa shape index (κ3) is 4.83. The number of anilines is 1. The number of amides is 1. The van der Waals surface area contributed by atoms with Gasteiger partial charge in [-0.1, -0.05) is 13.3 Å². The monoisotopic (exact) mass is 399 g/mol. The lowest BCUT2D eigenvalue weighted by Gasteiger charge is -2.08. The number of rotatable bonds is 8. The Labute approximate surface area is 166 Å². The molecule has 7 nitrogen and oxygen atoms in total. The van der Waals surface area contributed by atoms with Crippen molar-refractivity contribution in [2.75, 3.05) is 11.9 Å². The van der Waals surface area contributed by atoms with Crippen LogP contribution >= 0.6 is 11.3 Å². The van der Waals surface area contributed by atoms with Crippen LogP contribution in [0.3, 0.4) is 0 Å². The Bertz CT molecular complexity index is 1020. The van der Waals surface area contributed by atoms with Crippen molar-refractivity contribution in [3.63, 3.8) is 0 Å². The van der Waals surface area contributed by atoms with Gasteiger partial charge in [-0.2, -0.15) is 0 Å². The van der Waals surface area contributed by atoms with Gasteiger partial charge in [0.15, 0.2) is 0 Å². The van der Waals surface area contributed by atoms with E-state index in [4.69, 9.17) is 4.74 Å².